The summed E-state index contributed by atoms with van der Waals surface area (Å²) in [4.78, 5) is 19.6. The molecule has 1 aliphatic heterocycles. The molecule has 0 spiro atoms. The Bertz CT molecular complexity index is 1310. The molecule has 1 amide bonds. The maximum absolute atomic E-state index is 13.4. The fraction of sp³-hybridized carbons (Fsp3) is 0.321. The van der Waals surface area contributed by atoms with E-state index in [4.69, 9.17) is 14.0 Å². The number of aromatic nitrogens is 2. The van der Waals surface area contributed by atoms with E-state index in [1.165, 1.54) is 10.9 Å². The Morgan fingerprint density at radius 1 is 1.17 bits per heavy atom. The highest BCUT2D eigenvalue weighted by Gasteiger charge is 2.24. The third-order valence-corrected chi connectivity index (χ3v) is 6.55. The number of carbonyl (C=O) groups excluding carboxylic acids is 1. The van der Waals surface area contributed by atoms with Crippen LogP contribution in [0.25, 0.3) is 10.8 Å². The number of hydrogen-bond donors (Lipinski definition) is 0. The molecule has 2 aromatic carbocycles. The van der Waals surface area contributed by atoms with Crippen molar-refractivity contribution in [3.63, 3.8) is 0 Å². The first-order valence-electron chi connectivity index (χ1n) is 11.9. The summed E-state index contributed by atoms with van der Waals surface area (Å²) in [5.74, 6) is 1.57. The smallest absolute Gasteiger partial charge is 0.254 e. The minimum Gasteiger partial charge on any atom is -0.489 e. The van der Waals surface area contributed by atoms with Crippen LogP contribution < -0.4 is 4.74 Å². The van der Waals surface area contributed by atoms with Crippen molar-refractivity contribution in [2.75, 3.05) is 26.3 Å². The molecule has 1 atom stereocenters. The SMILES string of the molecule is Cc1noc(C)c1COc1cccc(C(=O)N2CCOC[C@@H](Cc3cccc4ccncc34)C2)c1. The van der Waals surface area contributed by atoms with Crippen LogP contribution >= 0.6 is 0 Å². The van der Waals surface area contributed by atoms with Crippen LogP contribution in [0.5, 0.6) is 5.75 Å². The van der Waals surface area contributed by atoms with Crippen molar-refractivity contribution in [1.29, 1.82) is 0 Å². The molecule has 1 aliphatic rings. The maximum Gasteiger partial charge on any atom is 0.254 e. The summed E-state index contributed by atoms with van der Waals surface area (Å²) >= 11 is 0. The van der Waals surface area contributed by atoms with Gasteiger partial charge in [0.2, 0.25) is 0 Å². The number of nitrogens with zero attached hydrogens (tertiary/aromatic N) is 3. The van der Waals surface area contributed by atoms with Gasteiger partial charge in [0, 0.05) is 42.4 Å². The Hall–Kier alpha value is -3.71. The lowest BCUT2D eigenvalue weighted by Gasteiger charge is -2.24. The number of carbonyl (C=O) groups is 1. The van der Waals surface area contributed by atoms with Crippen LogP contribution in [0.15, 0.2) is 65.4 Å². The summed E-state index contributed by atoms with van der Waals surface area (Å²) < 4.78 is 17.0. The fourth-order valence-electron chi connectivity index (χ4n) is 4.62. The zero-order valence-electron chi connectivity index (χ0n) is 20.1. The molecule has 2 aromatic heterocycles. The number of rotatable bonds is 6. The Morgan fingerprint density at radius 2 is 2.06 bits per heavy atom. The monoisotopic (exact) mass is 471 g/mol. The van der Waals surface area contributed by atoms with E-state index in [-0.39, 0.29) is 11.8 Å². The lowest BCUT2D eigenvalue weighted by molar-refractivity contribution is 0.0737. The van der Waals surface area contributed by atoms with Gasteiger partial charge < -0.3 is 18.9 Å². The number of fused-ring (bicyclic) bond motifs is 1. The van der Waals surface area contributed by atoms with Crippen molar-refractivity contribution in [2.45, 2.75) is 26.9 Å². The third kappa shape index (κ3) is 5.20. The van der Waals surface area contributed by atoms with Crippen molar-refractivity contribution in [3.05, 3.63) is 89.1 Å². The topological polar surface area (TPSA) is 77.7 Å². The summed E-state index contributed by atoms with van der Waals surface area (Å²) in [7, 11) is 0. The zero-order chi connectivity index (χ0) is 24.2. The molecule has 7 heteroatoms. The number of amides is 1. The number of pyridine rings is 1. The van der Waals surface area contributed by atoms with Crippen LogP contribution in [-0.2, 0) is 17.8 Å². The molecule has 1 fully saturated rings. The Morgan fingerprint density at radius 3 is 2.91 bits per heavy atom. The second-order valence-corrected chi connectivity index (χ2v) is 9.03. The van der Waals surface area contributed by atoms with Crippen molar-refractivity contribution in [3.8, 4) is 5.75 Å². The van der Waals surface area contributed by atoms with Gasteiger partial charge in [-0.1, -0.05) is 29.4 Å². The molecule has 1 saturated heterocycles. The van der Waals surface area contributed by atoms with Crippen molar-refractivity contribution in [1.82, 2.24) is 15.0 Å². The molecule has 3 heterocycles. The molecule has 0 N–H and O–H groups in total. The molecule has 4 aromatic rings. The van der Waals surface area contributed by atoms with Gasteiger partial charge in [-0.15, -0.1) is 0 Å². The summed E-state index contributed by atoms with van der Waals surface area (Å²) in [5.41, 5.74) is 3.58. The molecule has 0 aliphatic carbocycles. The van der Waals surface area contributed by atoms with Crippen LogP contribution in [0.2, 0.25) is 0 Å². The number of aryl methyl sites for hydroxylation is 2. The molecule has 5 rings (SSSR count). The van der Waals surface area contributed by atoms with Crippen molar-refractivity contribution in [2.24, 2.45) is 5.92 Å². The minimum absolute atomic E-state index is 0.0112. The highest BCUT2D eigenvalue weighted by atomic mass is 16.5. The third-order valence-electron chi connectivity index (χ3n) is 6.55. The van der Waals surface area contributed by atoms with E-state index in [0.717, 1.165) is 28.8 Å². The second-order valence-electron chi connectivity index (χ2n) is 9.03. The van der Waals surface area contributed by atoms with E-state index >= 15 is 0 Å². The van der Waals surface area contributed by atoms with Crippen LogP contribution in [0, 0.1) is 19.8 Å². The van der Waals surface area contributed by atoms with Crippen LogP contribution in [0.1, 0.15) is 32.9 Å². The largest absolute Gasteiger partial charge is 0.489 e. The fourth-order valence-corrected chi connectivity index (χ4v) is 4.62. The van der Waals surface area contributed by atoms with Gasteiger partial charge in [0.15, 0.2) is 0 Å². The van der Waals surface area contributed by atoms with Crippen molar-refractivity contribution >= 4 is 16.7 Å². The van der Waals surface area contributed by atoms with Gasteiger partial charge in [0.25, 0.3) is 5.91 Å². The molecule has 0 saturated carbocycles. The van der Waals surface area contributed by atoms with E-state index in [1.807, 2.05) is 55.4 Å². The molecular weight excluding hydrogens is 442 g/mol. The maximum atomic E-state index is 13.4. The van der Waals surface area contributed by atoms with Gasteiger partial charge in [-0.3, -0.25) is 9.78 Å². The predicted molar refractivity (Wildman–Crippen MR) is 132 cm³/mol. The molecule has 7 nitrogen and oxygen atoms in total. The lowest BCUT2D eigenvalue weighted by atomic mass is 9.95. The van der Waals surface area contributed by atoms with Crippen LogP contribution in [-0.4, -0.2) is 47.3 Å². The summed E-state index contributed by atoms with van der Waals surface area (Å²) in [6, 6.07) is 15.7. The second kappa shape index (κ2) is 10.3. The number of hydrogen-bond acceptors (Lipinski definition) is 6. The average Bonchev–Trinajstić information content (AvgIpc) is 3.06. The first-order chi connectivity index (χ1) is 17.1. The van der Waals surface area contributed by atoms with Gasteiger partial charge in [0.1, 0.15) is 18.1 Å². The van der Waals surface area contributed by atoms with Crippen LogP contribution in [0.3, 0.4) is 0 Å². The standard InChI is InChI=1S/C28H29N3O4/c1-19-27(20(2)35-30-19)18-34-25-8-4-7-24(14-25)28(32)31-11-12-33-17-21(16-31)13-23-6-3-5-22-9-10-29-15-26(22)23/h3-10,14-15,21H,11-13,16-18H2,1-2H3/t21-/m0/s1. The lowest BCUT2D eigenvalue weighted by Crippen LogP contribution is -2.36. The average molecular weight is 472 g/mol. The van der Waals surface area contributed by atoms with E-state index in [0.29, 0.717) is 44.2 Å². The Labute approximate surface area is 204 Å². The zero-order valence-corrected chi connectivity index (χ0v) is 20.1. The normalized spacial score (nSPS) is 16.3. The van der Waals surface area contributed by atoms with Crippen molar-refractivity contribution < 1.29 is 18.8 Å². The Balaban J connectivity index is 1.28. The predicted octanol–water partition coefficient (Wildman–Crippen LogP) is 4.75. The first-order valence-corrected chi connectivity index (χ1v) is 11.9. The van der Waals surface area contributed by atoms with Gasteiger partial charge in [-0.25, -0.2) is 0 Å². The van der Waals surface area contributed by atoms with E-state index in [2.05, 4.69) is 28.3 Å². The first kappa shape index (κ1) is 23.1. The van der Waals surface area contributed by atoms with E-state index in [9.17, 15) is 4.79 Å². The quantitative estimate of drug-likeness (QED) is 0.404. The van der Waals surface area contributed by atoms with Gasteiger partial charge in [0.05, 0.1) is 24.5 Å². The van der Waals surface area contributed by atoms with Gasteiger partial charge in [-0.05, 0) is 55.5 Å². The highest BCUT2D eigenvalue weighted by molar-refractivity contribution is 5.94. The summed E-state index contributed by atoms with van der Waals surface area (Å²) in [6.07, 6.45) is 4.56. The Kier molecular flexibility index (Phi) is 6.77. The van der Waals surface area contributed by atoms with E-state index < -0.39 is 0 Å². The molecular formula is C28H29N3O4. The summed E-state index contributed by atoms with van der Waals surface area (Å²) in [5, 5.41) is 6.29. The van der Waals surface area contributed by atoms with E-state index in [1.54, 1.807) is 6.07 Å². The summed E-state index contributed by atoms with van der Waals surface area (Å²) in [6.45, 7) is 6.46. The molecule has 180 valence electrons. The van der Waals surface area contributed by atoms with Crippen LogP contribution in [0.4, 0.5) is 0 Å². The van der Waals surface area contributed by atoms with Gasteiger partial charge in [-0.2, -0.15) is 0 Å². The number of benzene rings is 2. The highest BCUT2D eigenvalue weighted by Crippen LogP contribution is 2.24. The molecule has 0 radical (unpaired) electrons. The molecule has 0 unspecified atom stereocenters. The minimum atomic E-state index is -0.0112. The number of ether oxygens (including phenoxy) is 2. The molecule has 0 bridgehead atoms. The van der Waals surface area contributed by atoms with Gasteiger partial charge >= 0.3 is 0 Å². The molecule has 35 heavy (non-hydrogen) atoms.